The lowest BCUT2D eigenvalue weighted by Crippen LogP contribution is -2.30. The molecule has 0 saturated carbocycles. The summed E-state index contributed by atoms with van der Waals surface area (Å²) in [6.45, 7) is 2.69. The van der Waals surface area contributed by atoms with Crippen LogP contribution in [0.4, 0.5) is 0 Å². The lowest BCUT2D eigenvalue weighted by atomic mass is 10.0. The van der Waals surface area contributed by atoms with Crippen molar-refractivity contribution in [3.63, 3.8) is 0 Å². The first-order valence-corrected chi connectivity index (χ1v) is 12.3. The van der Waals surface area contributed by atoms with E-state index >= 15 is 0 Å². The van der Waals surface area contributed by atoms with Gasteiger partial charge in [-0.2, -0.15) is 0 Å². The molecule has 0 aliphatic carbocycles. The van der Waals surface area contributed by atoms with Gasteiger partial charge in [-0.3, -0.25) is 4.79 Å². The zero-order chi connectivity index (χ0) is 24.3. The van der Waals surface area contributed by atoms with Gasteiger partial charge in [0.25, 0.3) is 5.91 Å². The van der Waals surface area contributed by atoms with Gasteiger partial charge >= 0.3 is 0 Å². The molecule has 2 aliphatic rings. The highest BCUT2D eigenvalue weighted by Gasteiger charge is 2.21. The predicted molar refractivity (Wildman–Crippen MR) is 139 cm³/mol. The van der Waals surface area contributed by atoms with Gasteiger partial charge < -0.3 is 19.1 Å². The van der Waals surface area contributed by atoms with Crippen molar-refractivity contribution in [2.45, 2.75) is 19.5 Å². The molecule has 0 fully saturated rings. The standard InChI is InChI=1S/C31H27NO4/c33-31(27-10-12-28-26(19-27)13-14-34-28)32(21-23-9-11-29-30(18-23)36-16-15-35-29)20-22-5-4-8-25(17-22)24-6-2-1-3-7-24/h1-12,17-19H,13-16,20-21H2. The number of nitrogens with zero attached hydrogens (tertiary/aromatic N) is 1. The van der Waals surface area contributed by atoms with Gasteiger partial charge in [0, 0.05) is 25.1 Å². The maximum Gasteiger partial charge on any atom is 0.254 e. The summed E-state index contributed by atoms with van der Waals surface area (Å²) in [6.07, 6.45) is 0.831. The summed E-state index contributed by atoms with van der Waals surface area (Å²) in [7, 11) is 0. The Balaban J connectivity index is 1.31. The molecule has 0 radical (unpaired) electrons. The molecule has 0 bridgehead atoms. The maximum atomic E-state index is 13.8. The Bertz CT molecular complexity index is 1400. The Morgan fingerprint density at radius 2 is 1.36 bits per heavy atom. The van der Waals surface area contributed by atoms with Gasteiger partial charge in [0.05, 0.1) is 6.61 Å². The molecule has 1 amide bonds. The molecule has 4 aromatic carbocycles. The van der Waals surface area contributed by atoms with Crippen molar-refractivity contribution in [2.24, 2.45) is 0 Å². The molecule has 5 nitrogen and oxygen atoms in total. The normalized spacial score (nSPS) is 13.6. The second-order valence-electron chi connectivity index (χ2n) is 9.13. The van der Waals surface area contributed by atoms with E-state index in [1.165, 1.54) is 0 Å². The summed E-state index contributed by atoms with van der Waals surface area (Å²) in [6, 6.07) is 30.3. The van der Waals surface area contributed by atoms with Gasteiger partial charge in [-0.25, -0.2) is 0 Å². The average Bonchev–Trinajstić information content (AvgIpc) is 3.41. The second-order valence-corrected chi connectivity index (χ2v) is 9.13. The van der Waals surface area contributed by atoms with Gasteiger partial charge in [-0.15, -0.1) is 0 Å². The number of amides is 1. The quantitative estimate of drug-likeness (QED) is 0.347. The van der Waals surface area contributed by atoms with E-state index in [2.05, 4.69) is 36.4 Å². The zero-order valence-electron chi connectivity index (χ0n) is 20.0. The van der Waals surface area contributed by atoms with E-state index in [0.29, 0.717) is 38.5 Å². The fourth-order valence-electron chi connectivity index (χ4n) is 4.81. The van der Waals surface area contributed by atoms with Crippen molar-refractivity contribution in [1.82, 2.24) is 4.90 Å². The van der Waals surface area contributed by atoms with Gasteiger partial charge in [-0.05, 0) is 64.2 Å². The molecule has 0 N–H and O–H groups in total. The monoisotopic (exact) mass is 477 g/mol. The molecule has 180 valence electrons. The van der Waals surface area contributed by atoms with Crippen molar-refractivity contribution >= 4 is 5.91 Å². The second kappa shape index (κ2) is 9.78. The van der Waals surface area contributed by atoms with Crippen molar-refractivity contribution in [1.29, 1.82) is 0 Å². The molecule has 4 aromatic rings. The van der Waals surface area contributed by atoms with Crippen molar-refractivity contribution in [3.05, 3.63) is 113 Å². The van der Waals surface area contributed by atoms with Crippen LogP contribution in [-0.4, -0.2) is 30.6 Å². The molecule has 0 saturated heterocycles. The number of carbonyl (C=O) groups excluding carboxylic acids is 1. The first-order chi connectivity index (χ1) is 17.7. The van der Waals surface area contributed by atoms with Gasteiger partial charge in [0.1, 0.15) is 19.0 Å². The van der Waals surface area contributed by atoms with Crippen LogP contribution < -0.4 is 14.2 Å². The first kappa shape index (κ1) is 22.2. The highest BCUT2D eigenvalue weighted by atomic mass is 16.6. The van der Waals surface area contributed by atoms with E-state index in [1.54, 1.807) is 0 Å². The van der Waals surface area contributed by atoms with Gasteiger partial charge in [-0.1, -0.05) is 54.6 Å². The van der Waals surface area contributed by atoms with Crippen LogP contribution in [0.15, 0.2) is 91.0 Å². The van der Waals surface area contributed by atoms with Crippen LogP contribution in [-0.2, 0) is 19.5 Å². The summed E-state index contributed by atoms with van der Waals surface area (Å²) in [4.78, 5) is 15.7. The van der Waals surface area contributed by atoms with E-state index < -0.39 is 0 Å². The van der Waals surface area contributed by atoms with E-state index in [1.807, 2.05) is 59.5 Å². The van der Waals surface area contributed by atoms with Crippen LogP contribution in [0, 0.1) is 0 Å². The predicted octanol–water partition coefficient (Wildman–Crippen LogP) is 5.90. The number of rotatable bonds is 6. The summed E-state index contributed by atoms with van der Waals surface area (Å²) in [5, 5.41) is 0. The molecule has 0 unspecified atom stereocenters. The Hall–Kier alpha value is -4.25. The van der Waals surface area contributed by atoms with Crippen molar-refractivity contribution in [3.8, 4) is 28.4 Å². The Morgan fingerprint density at radius 1 is 0.639 bits per heavy atom. The smallest absolute Gasteiger partial charge is 0.254 e. The maximum absolute atomic E-state index is 13.8. The number of fused-ring (bicyclic) bond motifs is 2. The topological polar surface area (TPSA) is 48.0 Å². The van der Waals surface area contributed by atoms with Gasteiger partial charge in [0.15, 0.2) is 11.5 Å². The molecule has 0 atom stereocenters. The summed E-state index contributed by atoms with van der Waals surface area (Å²) in [5.74, 6) is 2.34. The van der Waals surface area contributed by atoms with Crippen LogP contribution in [0.5, 0.6) is 17.2 Å². The molecule has 0 aromatic heterocycles. The number of hydrogen-bond acceptors (Lipinski definition) is 4. The minimum Gasteiger partial charge on any atom is -0.493 e. The molecular formula is C31H27NO4. The lowest BCUT2D eigenvalue weighted by Gasteiger charge is -2.25. The third kappa shape index (κ3) is 4.65. The van der Waals surface area contributed by atoms with E-state index in [4.69, 9.17) is 14.2 Å². The molecule has 2 heterocycles. The Labute approximate surface area is 210 Å². The highest BCUT2D eigenvalue weighted by Crippen LogP contribution is 2.32. The Kier molecular flexibility index (Phi) is 6.04. The first-order valence-electron chi connectivity index (χ1n) is 12.3. The molecular weight excluding hydrogens is 450 g/mol. The van der Waals surface area contributed by atoms with Crippen LogP contribution in [0.25, 0.3) is 11.1 Å². The fourth-order valence-corrected chi connectivity index (χ4v) is 4.81. The number of ether oxygens (including phenoxy) is 3. The number of hydrogen-bond donors (Lipinski definition) is 0. The van der Waals surface area contributed by atoms with E-state index in [0.717, 1.165) is 51.5 Å². The third-order valence-electron chi connectivity index (χ3n) is 6.61. The number of benzene rings is 4. The highest BCUT2D eigenvalue weighted by molar-refractivity contribution is 5.94. The minimum atomic E-state index is -0.00953. The van der Waals surface area contributed by atoms with Crippen LogP contribution in [0.1, 0.15) is 27.0 Å². The van der Waals surface area contributed by atoms with Crippen molar-refractivity contribution in [2.75, 3.05) is 19.8 Å². The molecule has 36 heavy (non-hydrogen) atoms. The van der Waals surface area contributed by atoms with Crippen LogP contribution in [0.3, 0.4) is 0 Å². The third-order valence-corrected chi connectivity index (χ3v) is 6.61. The average molecular weight is 478 g/mol. The van der Waals surface area contributed by atoms with E-state index in [-0.39, 0.29) is 5.91 Å². The fraction of sp³-hybridized carbons (Fsp3) is 0.194. The molecule has 0 spiro atoms. The largest absolute Gasteiger partial charge is 0.493 e. The summed E-state index contributed by atoms with van der Waals surface area (Å²) < 4.78 is 17.1. The number of carbonyl (C=O) groups is 1. The summed E-state index contributed by atoms with van der Waals surface area (Å²) >= 11 is 0. The van der Waals surface area contributed by atoms with Crippen LogP contribution in [0.2, 0.25) is 0 Å². The van der Waals surface area contributed by atoms with Gasteiger partial charge in [0.2, 0.25) is 0 Å². The molecule has 6 rings (SSSR count). The molecule has 2 aliphatic heterocycles. The van der Waals surface area contributed by atoms with Crippen LogP contribution >= 0.6 is 0 Å². The minimum absolute atomic E-state index is 0.00953. The van der Waals surface area contributed by atoms with Crippen molar-refractivity contribution < 1.29 is 19.0 Å². The SMILES string of the molecule is O=C(c1ccc2c(c1)CCO2)N(Cc1cccc(-c2ccccc2)c1)Cc1ccc2c(c1)OCCO2. The zero-order valence-corrected chi connectivity index (χ0v) is 20.0. The van der Waals surface area contributed by atoms with E-state index in [9.17, 15) is 4.79 Å². The summed E-state index contributed by atoms with van der Waals surface area (Å²) in [5.41, 5.74) is 6.13. The molecule has 5 heteroatoms. The Morgan fingerprint density at radius 3 is 2.22 bits per heavy atom. The lowest BCUT2D eigenvalue weighted by molar-refractivity contribution is 0.0729.